The highest BCUT2D eigenvalue weighted by molar-refractivity contribution is 7.18. The summed E-state index contributed by atoms with van der Waals surface area (Å²) in [5, 5.41) is 9.58. The molecule has 0 amide bonds. The number of thiazole rings is 1. The number of rotatable bonds is 4. The van der Waals surface area contributed by atoms with Crippen molar-refractivity contribution in [3.05, 3.63) is 28.8 Å². The summed E-state index contributed by atoms with van der Waals surface area (Å²) in [7, 11) is 0. The maximum atomic E-state index is 10.5. The normalized spacial score (nSPS) is 11.2. The number of nitrogens with zero attached hydrogens (tertiary/aromatic N) is 1. The summed E-state index contributed by atoms with van der Waals surface area (Å²) in [5.41, 5.74) is 2.27. The van der Waals surface area contributed by atoms with Crippen LogP contribution in [0.5, 0.6) is 0 Å². The molecule has 0 saturated carbocycles. The lowest BCUT2D eigenvalue weighted by molar-refractivity contribution is -0.136. The molecule has 1 heterocycles. The van der Waals surface area contributed by atoms with Gasteiger partial charge in [0.15, 0.2) is 0 Å². The molecule has 0 unspecified atom stereocenters. The molecule has 0 fully saturated rings. The van der Waals surface area contributed by atoms with Crippen LogP contribution in [-0.2, 0) is 11.2 Å². The number of aryl methyl sites for hydroxylation is 1. The molecule has 2 rings (SSSR count). The van der Waals surface area contributed by atoms with Gasteiger partial charge in [0, 0.05) is 6.42 Å². The van der Waals surface area contributed by atoms with E-state index in [9.17, 15) is 4.79 Å². The molecule has 17 heavy (non-hydrogen) atoms. The van der Waals surface area contributed by atoms with E-state index in [4.69, 9.17) is 5.11 Å². The third-order valence-electron chi connectivity index (χ3n) is 2.67. The number of carboxylic acids is 1. The number of carbonyl (C=O) groups is 1. The Kier molecular flexibility index (Phi) is 3.43. The molecule has 1 aromatic heterocycles. The second-order valence-electron chi connectivity index (χ2n) is 4.35. The third kappa shape index (κ3) is 2.64. The van der Waals surface area contributed by atoms with E-state index in [1.807, 2.05) is 12.1 Å². The van der Waals surface area contributed by atoms with Crippen molar-refractivity contribution >= 4 is 27.5 Å². The van der Waals surface area contributed by atoms with Crippen molar-refractivity contribution in [2.24, 2.45) is 0 Å². The Morgan fingerprint density at radius 1 is 1.47 bits per heavy atom. The van der Waals surface area contributed by atoms with Gasteiger partial charge in [0.2, 0.25) is 0 Å². The quantitative estimate of drug-likeness (QED) is 0.903. The lowest BCUT2D eigenvalue weighted by atomic mass is 10.0. The van der Waals surface area contributed by atoms with Gasteiger partial charge < -0.3 is 5.11 Å². The van der Waals surface area contributed by atoms with E-state index in [1.54, 1.807) is 11.3 Å². The lowest BCUT2D eigenvalue weighted by Gasteiger charge is -2.04. The van der Waals surface area contributed by atoms with Crippen LogP contribution in [0.3, 0.4) is 0 Å². The minimum absolute atomic E-state index is 0.150. The largest absolute Gasteiger partial charge is 0.481 e. The predicted molar refractivity (Wildman–Crippen MR) is 69.7 cm³/mol. The van der Waals surface area contributed by atoms with Gasteiger partial charge in [-0.15, -0.1) is 11.3 Å². The Labute approximate surface area is 104 Å². The molecule has 0 bridgehead atoms. The van der Waals surface area contributed by atoms with Crippen LogP contribution in [-0.4, -0.2) is 16.1 Å². The van der Waals surface area contributed by atoms with Crippen molar-refractivity contribution in [1.82, 2.24) is 4.98 Å². The Morgan fingerprint density at radius 3 is 2.88 bits per heavy atom. The number of aromatic nitrogens is 1. The zero-order chi connectivity index (χ0) is 12.4. The molecule has 0 atom stereocenters. The molecule has 4 heteroatoms. The summed E-state index contributed by atoms with van der Waals surface area (Å²) in [4.78, 5) is 15.1. The Hall–Kier alpha value is -1.42. The summed E-state index contributed by atoms with van der Waals surface area (Å²) in [6, 6.07) is 6.17. The van der Waals surface area contributed by atoms with Crippen molar-refractivity contribution in [3.63, 3.8) is 0 Å². The number of fused-ring (bicyclic) bond motifs is 1. The summed E-state index contributed by atoms with van der Waals surface area (Å²) < 4.78 is 1.15. The van der Waals surface area contributed by atoms with Crippen LogP contribution in [0.25, 0.3) is 10.2 Å². The SMILES string of the molecule is CC(C)c1cccc2sc(CCC(=O)O)nc12. The van der Waals surface area contributed by atoms with Gasteiger partial charge in [-0.05, 0) is 17.5 Å². The molecule has 0 aliphatic carbocycles. The first-order valence-corrected chi connectivity index (χ1v) is 6.49. The van der Waals surface area contributed by atoms with Crippen LogP contribution in [0, 0.1) is 0 Å². The predicted octanol–water partition coefficient (Wildman–Crippen LogP) is 3.44. The molecule has 1 aromatic carbocycles. The molecule has 3 nitrogen and oxygen atoms in total. The molecule has 1 N–H and O–H groups in total. The van der Waals surface area contributed by atoms with Crippen molar-refractivity contribution in [2.75, 3.05) is 0 Å². The van der Waals surface area contributed by atoms with E-state index in [2.05, 4.69) is 24.9 Å². The van der Waals surface area contributed by atoms with E-state index < -0.39 is 5.97 Å². The molecule has 0 spiro atoms. The molecule has 0 radical (unpaired) electrons. The number of hydrogen-bond donors (Lipinski definition) is 1. The van der Waals surface area contributed by atoms with Gasteiger partial charge in [-0.25, -0.2) is 4.98 Å². The smallest absolute Gasteiger partial charge is 0.303 e. The van der Waals surface area contributed by atoms with Crippen LogP contribution in [0.1, 0.15) is 36.8 Å². The van der Waals surface area contributed by atoms with E-state index in [1.165, 1.54) is 5.56 Å². The fraction of sp³-hybridized carbons (Fsp3) is 0.385. The first-order valence-electron chi connectivity index (χ1n) is 5.68. The van der Waals surface area contributed by atoms with Crippen molar-refractivity contribution in [3.8, 4) is 0 Å². The van der Waals surface area contributed by atoms with Gasteiger partial charge in [0.05, 0.1) is 21.6 Å². The number of hydrogen-bond acceptors (Lipinski definition) is 3. The summed E-state index contributed by atoms with van der Waals surface area (Å²) in [5.74, 6) is -0.332. The number of para-hydroxylation sites is 1. The topological polar surface area (TPSA) is 50.2 Å². The molecular formula is C13H15NO2S. The van der Waals surface area contributed by atoms with E-state index >= 15 is 0 Å². The van der Waals surface area contributed by atoms with Gasteiger partial charge in [-0.3, -0.25) is 4.79 Å². The Balaban J connectivity index is 2.36. The Morgan fingerprint density at radius 2 is 2.24 bits per heavy atom. The molecule has 0 saturated heterocycles. The minimum Gasteiger partial charge on any atom is -0.481 e. The zero-order valence-corrected chi connectivity index (χ0v) is 10.8. The number of carboxylic acid groups (broad SMARTS) is 1. The zero-order valence-electron chi connectivity index (χ0n) is 9.93. The number of benzene rings is 1. The minimum atomic E-state index is -0.770. The maximum Gasteiger partial charge on any atom is 0.303 e. The fourth-order valence-electron chi connectivity index (χ4n) is 1.80. The first-order chi connectivity index (χ1) is 8.08. The summed E-state index contributed by atoms with van der Waals surface area (Å²) in [6.45, 7) is 4.29. The molecule has 90 valence electrons. The highest BCUT2D eigenvalue weighted by Gasteiger charge is 2.11. The van der Waals surface area contributed by atoms with Crippen molar-refractivity contribution in [2.45, 2.75) is 32.6 Å². The van der Waals surface area contributed by atoms with E-state index in [0.717, 1.165) is 15.2 Å². The maximum absolute atomic E-state index is 10.5. The van der Waals surface area contributed by atoms with Crippen LogP contribution in [0.2, 0.25) is 0 Å². The van der Waals surface area contributed by atoms with E-state index in [-0.39, 0.29) is 6.42 Å². The van der Waals surface area contributed by atoms with Crippen molar-refractivity contribution in [1.29, 1.82) is 0 Å². The van der Waals surface area contributed by atoms with Crippen LogP contribution in [0.4, 0.5) is 0 Å². The average molecular weight is 249 g/mol. The highest BCUT2D eigenvalue weighted by Crippen LogP contribution is 2.29. The average Bonchev–Trinajstić information content (AvgIpc) is 2.68. The van der Waals surface area contributed by atoms with E-state index in [0.29, 0.717) is 12.3 Å². The fourth-order valence-corrected chi connectivity index (χ4v) is 2.80. The summed E-state index contributed by atoms with van der Waals surface area (Å²) in [6.07, 6.45) is 0.670. The third-order valence-corrected chi connectivity index (χ3v) is 3.75. The first kappa shape index (κ1) is 12.0. The molecule has 0 aliphatic heterocycles. The van der Waals surface area contributed by atoms with Gasteiger partial charge in [-0.2, -0.15) is 0 Å². The second kappa shape index (κ2) is 4.84. The highest BCUT2D eigenvalue weighted by atomic mass is 32.1. The Bertz CT molecular complexity index is 545. The molecule has 0 aliphatic rings. The lowest BCUT2D eigenvalue weighted by Crippen LogP contribution is -1.96. The standard InChI is InChI=1S/C13H15NO2S/c1-8(2)9-4-3-5-10-13(9)14-11(17-10)6-7-12(15)16/h3-5,8H,6-7H2,1-2H3,(H,15,16). The van der Waals surface area contributed by atoms with Gasteiger partial charge in [-0.1, -0.05) is 26.0 Å². The van der Waals surface area contributed by atoms with Gasteiger partial charge >= 0.3 is 5.97 Å². The van der Waals surface area contributed by atoms with Gasteiger partial charge in [0.1, 0.15) is 0 Å². The monoisotopic (exact) mass is 249 g/mol. The van der Waals surface area contributed by atoms with Crippen molar-refractivity contribution < 1.29 is 9.90 Å². The number of aliphatic carboxylic acids is 1. The second-order valence-corrected chi connectivity index (χ2v) is 5.47. The van der Waals surface area contributed by atoms with Crippen LogP contribution >= 0.6 is 11.3 Å². The molecular weight excluding hydrogens is 234 g/mol. The molecule has 2 aromatic rings. The summed E-state index contributed by atoms with van der Waals surface area (Å²) >= 11 is 1.60. The van der Waals surface area contributed by atoms with Crippen LogP contribution in [0.15, 0.2) is 18.2 Å². The van der Waals surface area contributed by atoms with Gasteiger partial charge in [0.25, 0.3) is 0 Å². The van der Waals surface area contributed by atoms with Crippen LogP contribution < -0.4 is 0 Å².